The highest BCUT2D eigenvalue weighted by molar-refractivity contribution is 14.1. The molecule has 0 radical (unpaired) electrons. The summed E-state index contributed by atoms with van der Waals surface area (Å²) in [5.41, 5.74) is 0. The largest absolute Gasteiger partial charge is 0.481 e. The predicted octanol–water partition coefficient (Wildman–Crippen LogP) is 4.32. The van der Waals surface area contributed by atoms with Crippen molar-refractivity contribution in [2.45, 2.75) is 87.2 Å². The van der Waals surface area contributed by atoms with E-state index in [-0.39, 0.29) is 45.8 Å². The van der Waals surface area contributed by atoms with Crippen molar-refractivity contribution >= 4 is 34.5 Å². The Morgan fingerprint density at radius 3 is 2.61 bits per heavy atom. The van der Waals surface area contributed by atoms with Gasteiger partial charge in [0.2, 0.25) is 0 Å². The molecule has 2 aliphatic rings. The molecule has 1 saturated heterocycles. The monoisotopic (exact) mass is 554 g/mol. The number of hydrogen-bond acceptors (Lipinski definition) is 5. The van der Waals surface area contributed by atoms with E-state index in [1.54, 1.807) is 13.0 Å². The summed E-state index contributed by atoms with van der Waals surface area (Å²) >= 11 is 2.33. The van der Waals surface area contributed by atoms with Crippen molar-refractivity contribution in [2.24, 2.45) is 23.7 Å². The molecular weight excluding hydrogens is 518 g/mol. The smallest absolute Gasteiger partial charge is 0.309 e. The number of hydrogen-bond donors (Lipinski definition) is 2. The maximum absolute atomic E-state index is 14.2. The Morgan fingerprint density at radius 1 is 1.29 bits per heavy atom. The summed E-state index contributed by atoms with van der Waals surface area (Å²) in [7, 11) is 1.36. The molecule has 6 nitrogen and oxygen atoms in total. The molecule has 0 aromatic carbocycles. The van der Waals surface area contributed by atoms with Crippen LogP contribution in [0.3, 0.4) is 0 Å². The molecule has 0 amide bonds. The number of aliphatic hydroxyl groups is 1. The van der Waals surface area contributed by atoms with Crippen LogP contribution in [0.15, 0.2) is 12.2 Å². The number of allylic oxidation sites excluding steroid dienone is 1. The van der Waals surface area contributed by atoms with E-state index in [1.165, 1.54) is 13.2 Å². The van der Waals surface area contributed by atoms with E-state index in [1.807, 2.05) is 6.92 Å². The molecule has 8 heteroatoms. The van der Waals surface area contributed by atoms with Crippen LogP contribution in [0, 0.1) is 23.7 Å². The number of halogens is 2. The van der Waals surface area contributed by atoms with Gasteiger partial charge in [0.05, 0.1) is 31.2 Å². The first kappa shape index (κ1) is 26.5. The van der Waals surface area contributed by atoms with Crippen LogP contribution >= 0.6 is 22.6 Å². The summed E-state index contributed by atoms with van der Waals surface area (Å²) in [5.74, 6) is -1.92. The molecular formula is C23H36FIO6. The third-order valence-electron chi connectivity index (χ3n) is 6.72. The van der Waals surface area contributed by atoms with Crippen LogP contribution in [0.5, 0.6) is 0 Å². The van der Waals surface area contributed by atoms with Crippen molar-refractivity contribution in [1.82, 2.24) is 0 Å². The molecule has 9 atom stereocenters. The number of fused-ring (bicyclic) bond motifs is 1. The average molecular weight is 554 g/mol. The number of rotatable bonds is 12. The molecule has 1 unspecified atom stereocenters. The summed E-state index contributed by atoms with van der Waals surface area (Å²) < 4.78 is 25.6. The maximum atomic E-state index is 14.2. The summed E-state index contributed by atoms with van der Waals surface area (Å²) in [6.07, 6.45) is 5.24. The standard InChI is InChI=1S/C23H36FIO6/c1-4-5-6-17(24)19(26)10-8-14-15-11-21(18(25)9-7-13(2)22(27)28)31-20(15)12-16(14)23(29)30-3/h8,10,13-21,26H,4-7,9,11-12H2,1-3H3,(H,27,28)/t13?,14-,15-,16-,17-,18+,19-,20+,21+/m1/s1. The number of carbonyl (C=O) groups excluding carboxylic acids is 1. The van der Waals surface area contributed by atoms with Gasteiger partial charge in [0.1, 0.15) is 12.3 Å². The zero-order valence-corrected chi connectivity index (χ0v) is 20.7. The molecule has 2 rings (SSSR count). The summed E-state index contributed by atoms with van der Waals surface area (Å²) in [6.45, 7) is 3.69. The van der Waals surface area contributed by atoms with Gasteiger partial charge in [-0.05, 0) is 43.9 Å². The molecule has 2 fully saturated rings. The number of esters is 1. The number of carbonyl (C=O) groups is 2. The van der Waals surface area contributed by atoms with E-state index in [2.05, 4.69) is 22.6 Å². The molecule has 1 heterocycles. The van der Waals surface area contributed by atoms with Crippen molar-refractivity contribution in [3.05, 3.63) is 12.2 Å². The van der Waals surface area contributed by atoms with Crippen molar-refractivity contribution in [2.75, 3.05) is 7.11 Å². The van der Waals surface area contributed by atoms with Crippen molar-refractivity contribution in [3.63, 3.8) is 0 Å². The quantitative estimate of drug-likeness (QED) is 0.162. The Bertz CT molecular complexity index is 629. The van der Waals surface area contributed by atoms with E-state index in [4.69, 9.17) is 14.6 Å². The minimum absolute atomic E-state index is 0.00510. The topological polar surface area (TPSA) is 93.1 Å². The van der Waals surface area contributed by atoms with Gasteiger partial charge in [-0.25, -0.2) is 4.39 Å². The molecule has 178 valence electrons. The van der Waals surface area contributed by atoms with E-state index in [0.29, 0.717) is 19.3 Å². The third kappa shape index (κ3) is 7.12. The van der Waals surface area contributed by atoms with Crippen molar-refractivity contribution in [1.29, 1.82) is 0 Å². The number of aliphatic hydroxyl groups excluding tert-OH is 1. The highest BCUT2D eigenvalue weighted by Crippen LogP contribution is 2.49. The number of methoxy groups -OCH3 is 1. The molecule has 2 N–H and O–H groups in total. The first-order chi connectivity index (χ1) is 14.7. The lowest BCUT2D eigenvalue weighted by Gasteiger charge is -2.23. The maximum Gasteiger partial charge on any atom is 0.309 e. The molecule has 0 bridgehead atoms. The Morgan fingerprint density at radius 2 is 2.00 bits per heavy atom. The van der Waals surface area contributed by atoms with Crippen LogP contribution < -0.4 is 0 Å². The average Bonchev–Trinajstić information content (AvgIpc) is 3.31. The number of alkyl halides is 2. The number of unbranched alkanes of at least 4 members (excludes halogenated alkanes) is 1. The van der Waals surface area contributed by atoms with Crippen molar-refractivity contribution in [3.8, 4) is 0 Å². The zero-order valence-electron chi connectivity index (χ0n) is 18.6. The van der Waals surface area contributed by atoms with E-state index in [0.717, 1.165) is 25.7 Å². The zero-order chi connectivity index (χ0) is 23.1. The highest BCUT2D eigenvalue weighted by Gasteiger charge is 2.52. The van der Waals surface area contributed by atoms with Gasteiger partial charge in [-0.3, -0.25) is 9.59 Å². The normalized spacial score (nSPS) is 31.9. The number of ether oxygens (including phenoxy) is 2. The van der Waals surface area contributed by atoms with Gasteiger partial charge in [0.15, 0.2) is 0 Å². The van der Waals surface area contributed by atoms with Crippen LogP contribution in [0.4, 0.5) is 4.39 Å². The minimum atomic E-state index is -1.31. The molecule has 1 aliphatic carbocycles. The fourth-order valence-electron chi connectivity index (χ4n) is 4.71. The predicted molar refractivity (Wildman–Crippen MR) is 124 cm³/mol. The van der Waals surface area contributed by atoms with E-state index < -0.39 is 18.2 Å². The summed E-state index contributed by atoms with van der Waals surface area (Å²) in [5, 5.41) is 19.3. The van der Waals surface area contributed by atoms with Crippen LogP contribution in [0.2, 0.25) is 0 Å². The number of carboxylic acid groups (broad SMARTS) is 1. The lowest BCUT2D eigenvalue weighted by molar-refractivity contribution is -0.146. The van der Waals surface area contributed by atoms with Crippen molar-refractivity contribution < 1.29 is 33.7 Å². The highest BCUT2D eigenvalue weighted by atomic mass is 127. The van der Waals surface area contributed by atoms with Crippen LogP contribution in [-0.4, -0.2) is 57.7 Å². The fourth-order valence-corrected chi connectivity index (χ4v) is 5.53. The van der Waals surface area contributed by atoms with Crippen LogP contribution in [-0.2, 0) is 19.1 Å². The third-order valence-corrected chi connectivity index (χ3v) is 8.14. The lowest BCUT2D eigenvalue weighted by Crippen LogP contribution is -2.27. The van der Waals surface area contributed by atoms with Gasteiger partial charge in [-0.1, -0.05) is 61.4 Å². The van der Waals surface area contributed by atoms with Gasteiger partial charge in [0.25, 0.3) is 0 Å². The first-order valence-electron chi connectivity index (χ1n) is 11.3. The second-order valence-corrected chi connectivity index (χ2v) is 10.5. The van der Waals surface area contributed by atoms with Gasteiger partial charge in [0, 0.05) is 3.92 Å². The Hall–Kier alpha value is -0.740. The van der Waals surface area contributed by atoms with E-state index >= 15 is 0 Å². The Labute approximate surface area is 198 Å². The SMILES string of the molecule is CCCC[C@@H](F)[C@H](O)C=C[C@@H]1[C@H]2C[C@@H]([C@@H](I)CCC(C)C(=O)O)O[C@H]2C[C@H]1C(=O)OC. The molecule has 0 aromatic rings. The summed E-state index contributed by atoms with van der Waals surface area (Å²) in [6, 6.07) is 0. The van der Waals surface area contributed by atoms with Crippen LogP contribution in [0.1, 0.15) is 58.8 Å². The van der Waals surface area contributed by atoms with E-state index in [9.17, 15) is 19.1 Å². The van der Waals surface area contributed by atoms with Gasteiger partial charge < -0.3 is 19.7 Å². The molecule has 0 aromatic heterocycles. The lowest BCUT2D eigenvalue weighted by atomic mass is 9.85. The van der Waals surface area contributed by atoms with Gasteiger partial charge >= 0.3 is 11.9 Å². The Balaban J connectivity index is 2.03. The fraction of sp³-hybridized carbons (Fsp3) is 0.826. The molecule has 31 heavy (non-hydrogen) atoms. The number of carboxylic acids is 1. The van der Waals surface area contributed by atoms with Gasteiger partial charge in [-0.15, -0.1) is 0 Å². The molecule has 0 spiro atoms. The second-order valence-electron chi connectivity index (χ2n) is 8.92. The Kier molecular flexibility index (Phi) is 10.7. The first-order valence-corrected chi connectivity index (χ1v) is 12.5. The second kappa shape index (κ2) is 12.5. The summed E-state index contributed by atoms with van der Waals surface area (Å²) in [4.78, 5) is 23.4. The molecule has 1 saturated carbocycles. The van der Waals surface area contributed by atoms with Gasteiger partial charge in [-0.2, -0.15) is 0 Å². The number of aliphatic carboxylic acids is 1. The van der Waals surface area contributed by atoms with Crippen LogP contribution in [0.25, 0.3) is 0 Å². The molecule has 1 aliphatic heterocycles. The minimum Gasteiger partial charge on any atom is -0.481 e.